The predicted octanol–water partition coefficient (Wildman–Crippen LogP) is 4.17. The van der Waals surface area contributed by atoms with E-state index < -0.39 is 0 Å². The Morgan fingerprint density at radius 2 is 1.68 bits per heavy atom. The van der Waals surface area contributed by atoms with Crippen LogP contribution in [0.4, 0.5) is 5.69 Å². The van der Waals surface area contributed by atoms with E-state index in [1.165, 1.54) is 48.3 Å². The molecular weight excluding hydrogens is 308 g/mol. The highest BCUT2D eigenvalue weighted by Gasteiger charge is 2.40. The summed E-state index contributed by atoms with van der Waals surface area (Å²) in [6.07, 6.45) is 4.76. The van der Waals surface area contributed by atoms with Gasteiger partial charge in [-0.1, -0.05) is 24.3 Å². The number of para-hydroxylation sites is 1. The fourth-order valence-corrected chi connectivity index (χ4v) is 5.10. The van der Waals surface area contributed by atoms with E-state index in [-0.39, 0.29) is 0 Å². The molecule has 2 aromatic rings. The van der Waals surface area contributed by atoms with Crippen molar-refractivity contribution in [1.29, 1.82) is 0 Å². The van der Waals surface area contributed by atoms with Crippen LogP contribution in [0, 0.1) is 6.92 Å². The molecule has 2 atom stereocenters. The molecule has 2 aromatic carbocycles. The van der Waals surface area contributed by atoms with Crippen LogP contribution in [-0.2, 0) is 12.8 Å². The summed E-state index contributed by atoms with van der Waals surface area (Å²) >= 11 is 0. The number of hydrogen-bond acceptors (Lipinski definition) is 3. The first-order valence-corrected chi connectivity index (χ1v) is 9.56. The van der Waals surface area contributed by atoms with E-state index in [1.807, 2.05) is 0 Å². The molecule has 0 aliphatic carbocycles. The third-order valence-electron chi connectivity index (χ3n) is 6.20. The summed E-state index contributed by atoms with van der Waals surface area (Å²) in [7, 11) is 2.26. The quantitative estimate of drug-likeness (QED) is 0.778. The number of likely N-dealkylation sites (tertiary alicyclic amines) is 1. The predicted molar refractivity (Wildman–Crippen MR) is 102 cm³/mol. The lowest BCUT2D eigenvalue weighted by molar-refractivity contribution is 0.264. The minimum Gasteiger partial charge on any atom is -0.457 e. The second kappa shape index (κ2) is 5.77. The first kappa shape index (κ1) is 15.3. The highest BCUT2D eigenvalue weighted by molar-refractivity contribution is 5.67. The maximum Gasteiger partial charge on any atom is 0.132 e. The first-order valence-electron chi connectivity index (χ1n) is 9.56. The summed E-state index contributed by atoms with van der Waals surface area (Å²) in [5.74, 6) is 2.08. The van der Waals surface area contributed by atoms with E-state index in [0.717, 1.165) is 24.3 Å². The van der Waals surface area contributed by atoms with Gasteiger partial charge in [-0.2, -0.15) is 0 Å². The van der Waals surface area contributed by atoms with Gasteiger partial charge in [0.15, 0.2) is 0 Å². The van der Waals surface area contributed by atoms with Crippen molar-refractivity contribution >= 4 is 5.69 Å². The largest absolute Gasteiger partial charge is 0.457 e. The molecule has 5 rings (SSSR count). The molecule has 2 saturated heterocycles. The number of nitrogens with zero attached hydrogens (tertiary/aromatic N) is 2. The average Bonchev–Trinajstić information content (AvgIpc) is 2.78. The summed E-state index contributed by atoms with van der Waals surface area (Å²) in [4.78, 5) is 5.25. The van der Waals surface area contributed by atoms with E-state index in [0.29, 0.717) is 12.1 Å². The van der Waals surface area contributed by atoms with Crippen LogP contribution in [-0.4, -0.2) is 37.1 Å². The van der Waals surface area contributed by atoms with E-state index >= 15 is 0 Å². The summed E-state index contributed by atoms with van der Waals surface area (Å²) in [6.45, 7) is 4.63. The fourth-order valence-electron chi connectivity index (χ4n) is 5.10. The zero-order valence-corrected chi connectivity index (χ0v) is 15.2. The van der Waals surface area contributed by atoms with Crippen LogP contribution >= 0.6 is 0 Å². The van der Waals surface area contributed by atoms with E-state index in [9.17, 15) is 0 Å². The van der Waals surface area contributed by atoms with Gasteiger partial charge in [-0.05, 0) is 62.9 Å². The number of ether oxygens (including phenoxy) is 1. The molecule has 0 radical (unpaired) electrons. The van der Waals surface area contributed by atoms with Gasteiger partial charge in [0.1, 0.15) is 11.5 Å². The lowest BCUT2D eigenvalue weighted by atomic mass is 9.97. The highest BCUT2D eigenvalue weighted by atomic mass is 16.5. The van der Waals surface area contributed by atoms with Crippen molar-refractivity contribution in [2.24, 2.45) is 0 Å². The molecule has 2 bridgehead atoms. The van der Waals surface area contributed by atoms with Gasteiger partial charge in [-0.3, -0.25) is 0 Å². The Labute approximate surface area is 150 Å². The van der Waals surface area contributed by atoms with Gasteiger partial charge in [0.05, 0.1) is 0 Å². The standard InChI is InChI=1S/C22H26N2O/c1-15-7-12-21-19(11-8-16-5-3-4-6-20(16)25-21)22(15)24-17-9-10-18(24)14-23(2)13-17/h3-7,12,17-18H,8-11,13-14H2,1-2H3. The van der Waals surface area contributed by atoms with Crippen LogP contribution in [0.2, 0.25) is 0 Å². The van der Waals surface area contributed by atoms with Crippen molar-refractivity contribution in [3.8, 4) is 11.5 Å². The maximum atomic E-state index is 6.36. The van der Waals surface area contributed by atoms with Crippen molar-refractivity contribution in [3.63, 3.8) is 0 Å². The number of aryl methyl sites for hydroxylation is 2. The summed E-state index contributed by atoms with van der Waals surface area (Å²) in [5, 5.41) is 0. The van der Waals surface area contributed by atoms with Gasteiger partial charge in [0.2, 0.25) is 0 Å². The van der Waals surface area contributed by atoms with E-state index in [1.54, 1.807) is 0 Å². The molecule has 2 fully saturated rings. The van der Waals surface area contributed by atoms with Crippen LogP contribution in [0.25, 0.3) is 0 Å². The minimum absolute atomic E-state index is 0.652. The maximum absolute atomic E-state index is 6.36. The Hall–Kier alpha value is -2.00. The third kappa shape index (κ3) is 2.44. The Morgan fingerprint density at radius 1 is 0.920 bits per heavy atom. The molecule has 0 aromatic heterocycles. The molecule has 0 saturated carbocycles. The van der Waals surface area contributed by atoms with Crippen molar-refractivity contribution in [1.82, 2.24) is 4.90 Å². The second-order valence-electron chi connectivity index (χ2n) is 7.93. The van der Waals surface area contributed by atoms with Gasteiger partial charge >= 0.3 is 0 Å². The normalized spacial score (nSPS) is 25.1. The van der Waals surface area contributed by atoms with Crippen molar-refractivity contribution < 1.29 is 4.74 Å². The number of hydrogen-bond donors (Lipinski definition) is 0. The fraction of sp³-hybridized carbons (Fsp3) is 0.455. The number of fused-ring (bicyclic) bond motifs is 4. The van der Waals surface area contributed by atoms with Crippen molar-refractivity contribution in [2.45, 2.75) is 44.7 Å². The second-order valence-corrected chi connectivity index (χ2v) is 7.93. The molecule has 0 spiro atoms. The molecule has 3 aliphatic heterocycles. The highest BCUT2D eigenvalue weighted by Crippen LogP contribution is 2.44. The summed E-state index contributed by atoms with van der Waals surface area (Å²) in [6, 6.07) is 14.2. The number of anilines is 1. The average molecular weight is 334 g/mol. The monoisotopic (exact) mass is 334 g/mol. The molecule has 3 heteroatoms. The van der Waals surface area contributed by atoms with Crippen LogP contribution < -0.4 is 9.64 Å². The molecule has 0 N–H and O–H groups in total. The number of likely N-dealkylation sites (N-methyl/N-ethyl adjacent to an activating group) is 1. The Morgan fingerprint density at radius 3 is 2.48 bits per heavy atom. The zero-order chi connectivity index (χ0) is 17.0. The van der Waals surface area contributed by atoms with Crippen molar-refractivity contribution in [3.05, 3.63) is 53.1 Å². The molecule has 3 nitrogen and oxygen atoms in total. The van der Waals surface area contributed by atoms with E-state index in [4.69, 9.17) is 4.74 Å². The van der Waals surface area contributed by atoms with Crippen molar-refractivity contribution in [2.75, 3.05) is 25.0 Å². The SMILES string of the molecule is Cc1ccc2c(c1N1C3CCC1CN(C)C3)CCc1ccccc1O2. The Kier molecular flexibility index (Phi) is 3.53. The number of benzene rings is 2. The molecule has 130 valence electrons. The van der Waals surface area contributed by atoms with Crippen LogP contribution in [0.3, 0.4) is 0 Å². The summed E-state index contributed by atoms with van der Waals surface area (Å²) in [5.41, 5.74) is 5.60. The Balaban J connectivity index is 1.59. The van der Waals surface area contributed by atoms with Crippen LogP contribution in [0.1, 0.15) is 29.5 Å². The van der Waals surface area contributed by atoms with Gasteiger partial charge in [0, 0.05) is 36.4 Å². The van der Waals surface area contributed by atoms with Crippen LogP contribution in [0.15, 0.2) is 36.4 Å². The third-order valence-corrected chi connectivity index (χ3v) is 6.20. The lowest BCUT2D eigenvalue weighted by Gasteiger charge is -2.42. The van der Waals surface area contributed by atoms with Gasteiger partial charge < -0.3 is 14.5 Å². The molecule has 2 unspecified atom stereocenters. The molecule has 3 heterocycles. The molecular formula is C22H26N2O. The summed E-state index contributed by atoms with van der Waals surface area (Å²) < 4.78 is 6.36. The molecule has 3 aliphatic rings. The molecule has 25 heavy (non-hydrogen) atoms. The lowest BCUT2D eigenvalue weighted by Crippen LogP contribution is -2.53. The topological polar surface area (TPSA) is 15.7 Å². The van der Waals surface area contributed by atoms with E-state index in [2.05, 4.69) is 60.2 Å². The number of piperazine rings is 1. The van der Waals surface area contributed by atoms with Crippen LogP contribution in [0.5, 0.6) is 11.5 Å². The van der Waals surface area contributed by atoms with Gasteiger partial charge in [-0.25, -0.2) is 0 Å². The molecule has 0 amide bonds. The number of rotatable bonds is 1. The smallest absolute Gasteiger partial charge is 0.132 e. The van der Waals surface area contributed by atoms with Gasteiger partial charge in [0.25, 0.3) is 0 Å². The zero-order valence-electron chi connectivity index (χ0n) is 15.2. The minimum atomic E-state index is 0.652. The first-order chi connectivity index (χ1) is 12.2. The Bertz CT molecular complexity index is 802. The van der Waals surface area contributed by atoms with Gasteiger partial charge in [-0.15, -0.1) is 0 Å².